The van der Waals surface area contributed by atoms with Gasteiger partial charge in [0, 0.05) is 5.92 Å². The second-order valence-corrected chi connectivity index (χ2v) is 8.04. The van der Waals surface area contributed by atoms with Crippen molar-refractivity contribution in [3.63, 3.8) is 0 Å². The van der Waals surface area contributed by atoms with Crippen LogP contribution >= 0.6 is 0 Å². The zero-order valence-electron chi connectivity index (χ0n) is 13.7. The van der Waals surface area contributed by atoms with Gasteiger partial charge in [-0.2, -0.15) is 0 Å². The summed E-state index contributed by atoms with van der Waals surface area (Å²) in [4.78, 5) is 0. The number of aliphatic hydroxyl groups excluding tert-OH is 1. The lowest BCUT2D eigenvalue weighted by Crippen LogP contribution is -2.41. The lowest BCUT2D eigenvalue weighted by Gasteiger charge is -2.36. The summed E-state index contributed by atoms with van der Waals surface area (Å²) < 4.78 is 6.17. The molecule has 3 atom stereocenters. The quantitative estimate of drug-likeness (QED) is 0.898. The maximum atomic E-state index is 11.0. The predicted octanol–water partition coefficient (Wildman–Crippen LogP) is 3.75. The molecule has 0 bridgehead atoms. The summed E-state index contributed by atoms with van der Waals surface area (Å²) in [6.07, 6.45) is 3.86. The highest BCUT2D eigenvalue weighted by molar-refractivity contribution is 5.30. The Bertz CT molecular complexity index is 518. The minimum atomic E-state index is -0.268. The summed E-state index contributed by atoms with van der Waals surface area (Å²) in [5, 5.41) is 11.0. The molecule has 3 unspecified atom stereocenters. The fourth-order valence-electron chi connectivity index (χ4n) is 4.48. The molecule has 1 fully saturated rings. The summed E-state index contributed by atoms with van der Waals surface area (Å²) >= 11 is 0. The van der Waals surface area contributed by atoms with E-state index in [4.69, 9.17) is 4.74 Å². The lowest BCUT2D eigenvalue weighted by atomic mass is 9.72. The standard InChI is InChI=1S/C19H28O2/c1-18(2)12-16(19(3,4)21-18)17(20)15-10-9-13-7-5-6-8-14(13)11-15/h5-8,15-17,20H,9-12H2,1-4H3. The van der Waals surface area contributed by atoms with Crippen LogP contribution in [-0.4, -0.2) is 22.4 Å². The number of aryl methyl sites for hydroxylation is 1. The van der Waals surface area contributed by atoms with E-state index in [1.165, 1.54) is 11.1 Å². The van der Waals surface area contributed by atoms with Crippen LogP contribution in [0.2, 0.25) is 0 Å². The van der Waals surface area contributed by atoms with Crippen LogP contribution < -0.4 is 0 Å². The first-order valence-corrected chi connectivity index (χ1v) is 8.23. The van der Waals surface area contributed by atoms with E-state index < -0.39 is 0 Å². The molecule has 2 heteroatoms. The minimum absolute atomic E-state index is 0.123. The van der Waals surface area contributed by atoms with Crippen LogP contribution in [0.3, 0.4) is 0 Å². The maximum absolute atomic E-state index is 11.0. The Labute approximate surface area is 128 Å². The van der Waals surface area contributed by atoms with Gasteiger partial charge in [0.15, 0.2) is 0 Å². The van der Waals surface area contributed by atoms with Crippen molar-refractivity contribution < 1.29 is 9.84 Å². The van der Waals surface area contributed by atoms with Gasteiger partial charge in [0.1, 0.15) is 0 Å². The zero-order valence-corrected chi connectivity index (χ0v) is 13.7. The van der Waals surface area contributed by atoms with Crippen LogP contribution in [0.15, 0.2) is 24.3 Å². The van der Waals surface area contributed by atoms with E-state index in [9.17, 15) is 5.11 Å². The summed E-state index contributed by atoms with van der Waals surface area (Å²) in [6.45, 7) is 8.54. The second-order valence-electron chi connectivity index (χ2n) is 8.04. The summed E-state index contributed by atoms with van der Waals surface area (Å²) in [5.41, 5.74) is 2.52. The smallest absolute Gasteiger partial charge is 0.0687 e. The van der Waals surface area contributed by atoms with Gasteiger partial charge in [0.25, 0.3) is 0 Å². The number of benzene rings is 1. The van der Waals surface area contributed by atoms with Crippen LogP contribution in [0.4, 0.5) is 0 Å². The summed E-state index contributed by atoms with van der Waals surface area (Å²) in [7, 11) is 0. The Kier molecular flexibility index (Phi) is 3.66. The van der Waals surface area contributed by atoms with Crippen molar-refractivity contribution in [3.8, 4) is 0 Å². The number of rotatable bonds is 2. The minimum Gasteiger partial charge on any atom is -0.392 e. The van der Waals surface area contributed by atoms with E-state index in [0.717, 1.165) is 25.7 Å². The highest BCUT2D eigenvalue weighted by Crippen LogP contribution is 2.46. The molecule has 21 heavy (non-hydrogen) atoms. The Morgan fingerprint density at radius 3 is 2.43 bits per heavy atom. The van der Waals surface area contributed by atoms with Crippen molar-refractivity contribution in [1.29, 1.82) is 0 Å². The number of aliphatic hydroxyl groups is 1. The lowest BCUT2D eigenvalue weighted by molar-refractivity contribution is -0.0943. The van der Waals surface area contributed by atoms with Crippen LogP contribution in [-0.2, 0) is 17.6 Å². The molecule has 1 aromatic rings. The van der Waals surface area contributed by atoms with Gasteiger partial charge in [-0.1, -0.05) is 24.3 Å². The molecule has 1 aliphatic carbocycles. The number of ether oxygens (including phenoxy) is 1. The Hall–Kier alpha value is -0.860. The summed E-state index contributed by atoms with van der Waals surface area (Å²) in [6, 6.07) is 8.67. The first-order valence-electron chi connectivity index (χ1n) is 8.23. The van der Waals surface area contributed by atoms with E-state index in [0.29, 0.717) is 5.92 Å². The molecule has 1 aromatic carbocycles. The van der Waals surface area contributed by atoms with Gasteiger partial charge in [-0.05, 0) is 70.4 Å². The van der Waals surface area contributed by atoms with Crippen LogP contribution in [0.1, 0.15) is 51.7 Å². The van der Waals surface area contributed by atoms with E-state index in [1.807, 2.05) is 0 Å². The molecule has 1 aliphatic heterocycles. The Morgan fingerprint density at radius 2 is 1.81 bits per heavy atom. The molecule has 2 nitrogen and oxygen atoms in total. The van der Waals surface area contributed by atoms with Crippen molar-refractivity contribution in [2.45, 2.75) is 70.7 Å². The highest BCUT2D eigenvalue weighted by atomic mass is 16.5. The van der Waals surface area contributed by atoms with Gasteiger partial charge < -0.3 is 9.84 Å². The molecule has 0 radical (unpaired) electrons. The van der Waals surface area contributed by atoms with E-state index in [-0.39, 0.29) is 23.2 Å². The van der Waals surface area contributed by atoms with Crippen molar-refractivity contribution >= 4 is 0 Å². The van der Waals surface area contributed by atoms with Crippen molar-refractivity contribution in [1.82, 2.24) is 0 Å². The van der Waals surface area contributed by atoms with E-state index in [1.54, 1.807) is 0 Å². The third-order valence-electron chi connectivity index (χ3n) is 5.42. The molecular weight excluding hydrogens is 260 g/mol. The molecule has 0 saturated carbocycles. The zero-order chi connectivity index (χ0) is 15.3. The number of hydrogen-bond acceptors (Lipinski definition) is 2. The van der Waals surface area contributed by atoms with Gasteiger partial charge in [0.2, 0.25) is 0 Å². The molecular formula is C19H28O2. The number of hydrogen-bond donors (Lipinski definition) is 1. The van der Waals surface area contributed by atoms with E-state index in [2.05, 4.69) is 52.0 Å². The molecule has 1 heterocycles. The topological polar surface area (TPSA) is 29.5 Å². The molecule has 116 valence electrons. The molecule has 0 aromatic heterocycles. The molecule has 1 saturated heterocycles. The Morgan fingerprint density at radius 1 is 1.14 bits per heavy atom. The summed E-state index contributed by atoms with van der Waals surface area (Å²) in [5.74, 6) is 0.587. The SMILES string of the molecule is CC1(C)CC(C(O)C2CCc3ccccc3C2)C(C)(C)O1. The van der Waals surface area contributed by atoms with Crippen LogP contribution in [0, 0.1) is 11.8 Å². The van der Waals surface area contributed by atoms with Gasteiger partial charge in [0.05, 0.1) is 17.3 Å². The first kappa shape index (κ1) is 15.1. The number of fused-ring (bicyclic) bond motifs is 1. The molecule has 1 N–H and O–H groups in total. The van der Waals surface area contributed by atoms with Gasteiger partial charge >= 0.3 is 0 Å². The first-order chi connectivity index (χ1) is 9.78. The van der Waals surface area contributed by atoms with E-state index >= 15 is 0 Å². The highest BCUT2D eigenvalue weighted by Gasteiger charge is 2.50. The molecule has 0 spiro atoms. The third kappa shape index (κ3) is 2.89. The van der Waals surface area contributed by atoms with Crippen molar-refractivity contribution in [3.05, 3.63) is 35.4 Å². The molecule has 3 rings (SSSR count). The Balaban J connectivity index is 1.76. The normalized spacial score (nSPS) is 31.7. The second kappa shape index (κ2) is 5.10. The van der Waals surface area contributed by atoms with Crippen LogP contribution in [0.5, 0.6) is 0 Å². The van der Waals surface area contributed by atoms with Crippen molar-refractivity contribution in [2.75, 3.05) is 0 Å². The average Bonchev–Trinajstić information content (AvgIpc) is 2.65. The van der Waals surface area contributed by atoms with Gasteiger partial charge in [-0.15, -0.1) is 0 Å². The van der Waals surface area contributed by atoms with Crippen LogP contribution in [0.25, 0.3) is 0 Å². The maximum Gasteiger partial charge on any atom is 0.0687 e. The third-order valence-corrected chi connectivity index (χ3v) is 5.42. The monoisotopic (exact) mass is 288 g/mol. The largest absolute Gasteiger partial charge is 0.392 e. The molecule has 2 aliphatic rings. The van der Waals surface area contributed by atoms with Gasteiger partial charge in [-0.3, -0.25) is 0 Å². The predicted molar refractivity (Wildman–Crippen MR) is 85.3 cm³/mol. The molecule has 0 amide bonds. The average molecular weight is 288 g/mol. The van der Waals surface area contributed by atoms with Gasteiger partial charge in [-0.25, -0.2) is 0 Å². The fourth-order valence-corrected chi connectivity index (χ4v) is 4.48. The fraction of sp³-hybridized carbons (Fsp3) is 0.684. The van der Waals surface area contributed by atoms with Crippen molar-refractivity contribution in [2.24, 2.45) is 11.8 Å².